The Labute approximate surface area is 82.7 Å². The van der Waals surface area contributed by atoms with Crippen LogP contribution in [0.2, 0.25) is 0 Å². The Balaban J connectivity index is 3.41. The van der Waals surface area contributed by atoms with Gasteiger partial charge >= 0.3 is 0 Å². The van der Waals surface area contributed by atoms with E-state index in [1.54, 1.807) is 18.2 Å². The van der Waals surface area contributed by atoms with Crippen molar-refractivity contribution in [1.29, 1.82) is 0 Å². The Morgan fingerprint density at radius 1 is 1.43 bits per heavy atom. The van der Waals surface area contributed by atoms with Gasteiger partial charge in [0.05, 0.1) is 18.4 Å². The molecule has 0 unspecified atom stereocenters. The average Bonchev–Trinajstić information content (AvgIpc) is 2.26. The van der Waals surface area contributed by atoms with Crippen molar-refractivity contribution in [3.8, 4) is 5.75 Å². The van der Waals surface area contributed by atoms with Gasteiger partial charge < -0.3 is 4.74 Å². The van der Waals surface area contributed by atoms with Gasteiger partial charge in [0.2, 0.25) is 0 Å². The molecule has 1 aromatic rings. The maximum Gasteiger partial charge on any atom is 0.153 e. The van der Waals surface area contributed by atoms with Gasteiger partial charge in [-0.2, -0.15) is 0 Å². The molecule has 0 radical (unpaired) electrons. The number of aldehydes is 1. The second kappa shape index (κ2) is 4.37. The number of methoxy groups -OCH3 is 1. The van der Waals surface area contributed by atoms with Crippen molar-refractivity contribution in [2.75, 3.05) is 7.11 Å². The number of carbonyl (C=O) groups excluding carboxylic acids is 1. The van der Waals surface area contributed by atoms with E-state index in [2.05, 4.69) is 18.3 Å². The van der Waals surface area contributed by atoms with E-state index in [1.807, 2.05) is 0 Å². The Morgan fingerprint density at radius 3 is 2.57 bits per heavy atom. The molecule has 0 N–H and O–H groups in total. The highest BCUT2D eigenvalue weighted by Gasteiger charge is 2.06. The van der Waals surface area contributed by atoms with Crippen LogP contribution < -0.4 is 4.74 Å². The third-order valence-electron chi connectivity index (χ3n) is 1.90. The van der Waals surface area contributed by atoms with Gasteiger partial charge in [0.25, 0.3) is 0 Å². The first-order valence-corrected chi connectivity index (χ1v) is 4.03. The zero-order valence-electron chi connectivity index (χ0n) is 7.99. The van der Waals surface area contributed by atoms with Gasteiger partial charge in [-0.3, -0.25) is 9.79 Å². The van der Waals surface area contributed by atoms with Crippen molar-refractivity contribution >= 4 is 24.8 Å². The maximum absolute atomic E-state index is 10.7. The molecule has 0 bridgehead atoms. The molecule has 0 saturated carbocycles. The van der Waals surface area contributed by atoms with Gasteiger partial charge in [-0.25, -0.2) is 0 Å². The van der Waals surface area contributed by atoms with Crippen LogP contribution in [-0.4, -0.2) is 20.1 Å². The first-order chi connectivity index (χ1) is 6.76. The van der Waals surface area contributed by atoms with Crippen LogP contribution in [0.15, 0.2) is 23.7 Å². The molecule has 0 fully saturated rings. The highest BCUT2D eigenvalue weighted by Crippen LogP contribution is 2.28. The lowest BCUT2D eigenvalue weighted by Crippen LogP contribution is -1.91. The number of nitrogens with zero attached hydrogens (tertiary/aromatic N) is 1. The minimum atomic E-state index is 0.459. The molecule has 0 spiro atoms. The largest absolute Gasteiger partial charge is 0.496 e. The van der Waals surface area contributed by atoms with E-state index in [9.17, 15) is 4.79 Å². The monoisotopic (exact) mass is 189 g/mol. The molecular formula is C11H11NO2. The zero-order chi connectivity index (χ0) is 10.6. The van der Waals surface area contributed by atoms with Crippen LogP contribution in [0.1, 0.15) is 15.9 Å². The van der Waals surface area contributed by atoms with Crippen LogP contribution in [0.3, 0.4) is 0 Å². The molecule has 0 aliphatic carbocycles. The summed E-state index contributed by atoms with van der Waals surface area (Å²) in [4.78, 5) is 14.5. The van der Waals surface area contributed by atoms with Crippen molar-refractivity contribution in [3.63, 3.8) is 0 Å². The van der Waals surface area contributed by atoms with Gasteiger partial charge in [0.15, 0.2) is 6.29 Å². The lowest BCUT2D eigenvalue weighted by atomic mass is 10.1. The molecule has 0 aliphatic rings. The summed E-state index contributed by atoms with van der Waals surface area (Å²) in [6, 6.07) is 3.33. The van der Waals surface area contributed by atoms with E-state index < -0.39 is 0 Å². The summed E-state index contributed by atoms with van der Waals surface area (Å²) in [7, 11) is 1.51. The summed E-state index contributed by atoms with van der Waals surface area (Å²) in [5, 5.41) is 0. The van der Waals surface area contributed by atoms with E-state index in [0.29, 0.717) is 17.0 Å². The predicted octanol–water partition coefficient (Wildman–Crippen LogP) is 2.48. The summed E-state index contributed by atoms with van der Waals surface area (Å²) in [6.07, 6.45) is 2.36. The standard InChI is InChI=1S/C11H11NO2/c1-4-8-6-11(14-3)9(7-13)5-10(8)12-2/h4-7H,1-2H2,3H3. The number of hydrogen-bond acceptors (Lipinski definition) is 3. The molecule has 0 aromatic heterocycles. The molecule has 0 atom stereocenters. The molecular weight excluding hydrogens is 178 g/mol. The Kier molecular flexibility index (Phi) is 3.18. The number of aliphatic imine (C=N–C) groups is 1. The SMILES string of the molecule is C=Cc1cc(OC)c(C=O)cc1N=C. The van der Waals surface area contributed by atoms with Crippen LogP contribution in [0.25, 0.3) is 6.08 Å². The molecule has 0 heterocycles. The van der Waals surface area contributed by atoms with Gasteiger partial charge in [-0.05, 0) is 18.9 Å². The van der Waals surface area contributed by atoms with Crippen LogP contribution in [0, 0.1) is 0 Å². The van der Waals surface area contributed by atoms with Crippen LogP contribution in [-0.2, 0) is 0 Å². The van der Waals surface area contributed by atoms with Crippen LogP contribution >= 0.6 is 0 Å². The predicted molar refractivity (Wildman–Crippen MR) is 57.7 cm³/mol. The third-order valence-corrected chi connectivity index (χ3v) is 1.90. The summed E-state index contributed by atoms with van der Waals surface area (Å²) < 4.78 is 5.04. The molecule has 72 valence electrons. The molecule has 14 heavy (non-hydrogen) atoms. The minimum Gasteiger partial charge on any atom is -0.496 e. The molecule has 0 saturated heterocycles. The van der Waals surface area contributed by atoms with Gasteiger partial charge in [-0.1, -0.05) is 12.7 Å². The number of carbonyl (C=O) groups is 1. The topological polar surface area (TPSA) is 38.7 Å². The molecule has 1 aromatic carbocycles. The van der Waals surface area contributed by atoms with E-state index in [4.69, 9.17) is 4.74 Å². The summed E-state index contributed by atoms with van der Waals surface area (Å²) in [5.41, 5.74) is 1.88. The number of hydrogen-bond donors (Lipinski definition) is 0. The number of benzene rings is 1. The maximum atomic E-state index is 10.7. The highest BCUT2D eigenvalue weighted by atomic mass is 16.5. The van der Waals surface area contributed by atoms with Crippen molar-refractivity contribution in [2.24, 2.45) is 4.99 Å². The summed E-state index contributed by atoms with van der Waals surface area (Å²) >= 11 is 0. The van der Waals surface area contributed by atoms with E-state index >= 15 is 0 Å². The Bertz CT molecular complexity index is 383. The Hall–Kier alpha value is -1.90. The smallest absolute Gasteiger partial charge is 0.153 e. The van der Waals surface area contributed by atoms with Crippen molar-refractivity contribution in [2.45, 2.75) is 0 Å². The third kappa shape index (κ3) is 1.71. The molecule has 0 amide bonds. The molecule has 3 heteroatoms. The fourth-order valence-electron chi connectivity index (χ4n) is 1.17. The first-order valence-electron chi connectivity index (χ1n) is 4.03. The highest BCUT2D eigenvalue weighted by molar-refractivity contribution is 5.84. The second-order valence-corrected chi connectivity index (χ2v) is 2.63. The van der Waals surface area contributed by atoms with Crippen LogP contribution in [0.5, 0.6) is 5.75 Å². The fourth-order valence-corrected chi connectivity index (χ4v) is 1.17. The minimum absolute atomic E-state index is 0.459. The van der Waals surface area contributed by atoms with Crippen LogP contribution in [0.4, 0.5) is 5.69 Å². The molecule has 1 rings (SSSR count). The quantitative estimate of drug-likeness (QED) is 0.539. The van der Waals surface area contributed by atoms with E-state index in [0.717, 1.165) is 11.8 Å². The number of rotatable bonds is 4. The Morgan fingerprint density at radius 2 is 2.14 bits per heavy atom. The zero-order valence-corrected chi connectivity index (χ0v) is 7.99. The molecule has 0 aliphatic heterocycles. The van der Waals surface area contributed by atoms with E-state index in [-0.39, 0.29) is 0 Å². The molecule has 3 nitrogen and oxygen atoms in total. The van der Waals surface area contributed by atoms with E-state index in [1.165, 1.54) is 7.11 Å². The normalized spacial score (nSPS) is 9.21. The summed E-state index contributed by atoms with van der Waals surface area (Å²) in [6.45, 7) is 7.05. The second-order valence-electron chi connectivity index (χ2n) is 2.63. The lowest BCUT2D eigenvalue weighted by molar-refractivity contribution is 0.112. The lowest BCUT2D eigenvalue weighted by Gasteiger charge is -2.07. The van der Waals surface area contributed by atoms with Gasteiger partial charge in [-0.15, -0.1) is 0 Å². The average molecular weight is 189 g/mol. The van der Waals surface area contributed by atoms with Crippen molar-refractivity contribution < 1.29 is 9.53 Å². The van der Waals surface area contributed by atoms with Crippen molar-refractivity contribution in [1.82, 2.24) is 0 Å². The first kappa shape index (κ1) is 10.2. The van der Waals surface area contributed by atoms with Gasteiger partial charge in [0, 0.05) is 5.56 Å². The fraction of sp³-hybridized carbons (Fsp3) is 0.0909. The summed E-state index contributed by atoms with van der Waals surface area (Å²) in [5.74, 6) is 0.516. The van der Waals surface area contributed by atoms with Gasteiger partial charge in [0.1, 0.15) is 5.75 Å². The number of ether oxygens (including phenoxy) is 1. The van der Waals surface area contributed by atoms with Crippen molar-refractivity contribution in [3.05, 3.63) is 29.8 Å².